The Morgan fingerprint density at radius 1 is 1.23 bits per heavy atom. The Bertz CT molecular complexity index is 486. The van der Waals surface area contributed by atoms with Crippen molar-refractivity contribution in [3.05, 3.63) is 29.8 Å². The Morgan fingerprint density at radius 2 is 1.86 bits per heavy atom. The highest BCUT2D eigenvalue weighted by molar-refractivity contribution is 5.94. The molecule has 0 saturated carbocycles. The van der Waals surface area contributed by atoms with E-state index in [-0.39, 0.29) is 12.5 Å². The van der Waals surface area contributed by atoms with E-state index >= 15 is 0 Å². The van der Waals surface area contributed by atoms with Crippen molar-refractivity contribution in [1.82, 2.24) is 4.90 Å². The van der Waals surface area contributed by atoms with E-state index in [0.717, 1.165) is 6.42 Å². The van der Waals surface area contributed by atoms with Crippen LogP contribution in [-0.4, -0.2) is 55.8 Å². The fourth-order valence-corrected chi connectivity index (χ4v) is 1.88. The highest BCUT2D eigenvalue weighted by atomic mass is 16.5. The molecule has 1 N–H and O–H groups in total. The molecule has 0 heterocycles. The standard InChI is InChI=1S/C16H23NO5/c1-12(16(19)20)11-17(2)15(18)13-5-7-14(8-6-13)22-10-4-9-21-3/h5-8,12H,4,9-11H2,1-3H3,(H,19,20). The summed E-state index contributed by atoms with van der Waals surface area (Å²) in [6.07, 6.45) is 0.799. The highest BCUT2D eigenvalue weighted by Crippen LogP contribution is 2.14. The van der Waals surface area contributed by atoms with Gasteiger partial charge >= 0.3 is 5.97 Å². The van der Waals surface area contributed by atoms with Crippen molar-refractivity contribution in [3.8, 4) is 5.75 Å². The van der Waals surface area contributed by atoms with E-state index in [2.05, 4.69) is 0 Å². The molecule has 1 rings (SSSR count). The van der Waals surface area contributed by atoms with Crippen molar-refractivity contribution in [1.29, 1.82) is 0 Å². The largest absolute Gasteiger partial charge is 0.494 e. The van der Waals surface area contributed by atoms with Gasteiger partial charge in [0.25, 0.3) is 5.91 Å². The number of carboxylic acid groups (broad SMARTS) is 1. The Morgan fingerprint density at radius 3 is 2.41 bits per heavy atom. The van der Waals surface area contributed by atoms with Crippen molar-refractivity contribution >= 4 is 11.9 Å². The third-order valence-electron chi connectivity index (χ3n) is 3.18. The number of carbonyl (C=O) groups excluding carboxylic acids is 1. The zero-order valence-electron chi connectivity index (χ0n) is 13.2. The van der Waals surface area contributed by atoms with Gasteiger partial charge in [0, 0.05) is 39.3 Å². The van der Waals surface area contributed by atoms with E-state index < -0.39 is 11.9 Å². The number of rotatable bonds is 9. The summed E-state index contributed by atoms with van der Waals surface area (Å²) in [6, 6.07) is 6.81. The van der Waals surface area contributed by atoms with Gasteiger partial charge in [-0.15, -0.1) is 0 Å². The number of benzene rings is 1. The van der Waals surface area contributed by atoms with Gasteiger partial charge in [-0.1, -0.05) is 6.92 Å². The molecule has 1 atom stereocenters. The van der Waals surface area contributed by atoms with Crippen LogP contribution in [0.3, 0.4) is 0 Å². The van der Waals surface area contributed by atoms with Gasteiger partial charge in [-0.3, -0.25) is 9.59 Å². The van der Waals surface area contributed by atoms with Crippen LogP contribution in [0.25, 0.3) is 0 Å². The predicted octanol–water partition coefficient (Wildman–Crippen LogP) is 1.89. The quantitative estimate of drug-likeness (QED) is 0.705. The lowest BCUT2D eigenvalue weighted by molar-refractivity contribution is -0.141. The topological polar surface area (TPSA) is 76.1 Å². The number of aliphatic carboxylic acids is 1. The lowest BCUT2D eigenvalue weighted by Crippen LogP contribution is -2.33. The average molecular weight is 309 g/mol. The zero-order chi connectivity index (χ0) is 16.5. The second-order valence-electron chi connectivity index (χ2n) is 5.14. The van der Waals surface area contributed by atoms with E-state index in [0.29, 0.717) is 24.5 Å². The molecule has 122 valence electrons. The van der Waals surface area contributed by atoms with Crippen molar-refractivity contribution in [2.24, 2.45) is 5.92 Å². The summed E-state index contributed by atoms with van der Waals surface area (Å²) in [4.78, 5) is 24.4. The maximum Gasteiger partial charge on any atom is 0.308 e. The Labute approximate surface area is 130 Å². The second-order valence-corrected chi connectivity index (χ2v) is 5.14. The summed E-state index contributed by atoms with van der Waals surface area (Å²) in [5, 5.41) is 8.88. The summed E-state index contributed by atoms with van der Waals surface area (Å²) in [5.41, 5.74) is 0.504. The Kier molecular flexibility index (Phi) is 7.39. The fourth-order valence-electron chi connectivity index (χ4n) is 1.88. The Balaban J connectivity index is 2.54. The predicted molar refractivity (Wildman–Crippen MR) is 82.2 cm³/mol. The third-order valence-corrected chi connectivity index (χ3v) is 3.18. The first-order valence-electron chi connectivity index (χ1n) is 7.15. The summed E-state index contributed by atoms with van der Waals surface area (Å²) < 4.78 is 10.4. The first kappa shape index (κ1) is 18.0. The summed E-state index contributed by atoms with van der Waals surface area (Å²) >= 11 is 0. The minimum absolute atomic E-state index is 0.170. The molecule has 0 fully saturated rings. The molecule has 0 bridgehead atoms. The molecule has 0 aromatic heterocycles. The number of carbonyl (C=O) groups is 2. The number of hydrogen-bond acceptors (Lipinski definition) is 4. The molecular weight excluding hydrogens is 286 g/mol. The van der Waals surface area contributed by atoms with E-state index in [1.807, 2.05) is 0 Å². The Hall–Kier alpha value is -2.08. The molecule has 0 aliphatic carbocycles. The molecule has 6 nitrogen and oxygen atoms in total. The smallest absolute Gasteiger partial charge is 0.308 e. The van der Waals surface area contributed by atoms with Crippen LogP contribution in [0.5, 0.6) is 5.75 Å². The van der Waals surface area contributed by atoms with Gasteiger partial charge in [-0.2, -0.15) is 0 Å². The molecule has 1 unspecified atom stereocenters. The SMILES string of the molecule is COCCCOc1ccc(C(=O)N(C)CC(C)C(=O)O)cc1. The van der Waals surface area contributed by atoms with Crippen molar-refractivity contribution < 1.29 is 24.2 Å². The number of hydrogen-bond donors (Lipinski definition) is 1. The van der Waals surface area contributed by atoms with Gasteiger partial charge in [-0.25, -0.2) is 0 Å². The van der Waals surface area contributed by atoms with Crippen molar-refractivity contribution in [2.45, 2.75) is 13.3 Å². The van der Waals surface area contributed by atoms with Crippen LogP contribution < -0.4 is 4.74 Å². The van der Waals surface area contributed by atoms with Crippen LogP contribution in [-0.2, 0) is 9.53 Å². The molecule has 0 aliphatic heterocycles. The van der Waals surface area contributed by atoms with Crippen LogP contribution in [0, 0.1) is 5.92 Å². The van der Waals surface area contributed by atoms with Gasteiger partial charge in [-0.05, 0) is 24.3 Å². The van der Waals surface area contributed by atoms with Crippen LogP contribution in [0.15, 0.2) is 24.3 Å². The molecule has 0 spiro atoms. The lowest BCUT2D eigenvalue weighted by atomic mass is 10.1. The van der Waals surface area contributed by atoms with E-state index in [9.17, 15) is 9.59 Å². The molecule has 6 heteroatoms. The summed E-state index contributed by atoms with van der Waals surface area (Å²) in [7, 11) is 3.24. The normalized spacial score (nSPS) is 11.8. The molecule has 1 aromatic carbocycles. The van der Waals surface area contributed by atoms with Crippen molar-refractivity contribution in [3.63, 3.8) is 0 Å². The highest BCUT2D eigenvalue weighted by Gasteiger charge is 2.18. The minimum Gasteiger partial charge on any atom is -0.494 e. The molecule has 0 radical (unpaired) electrons. The number of carboxylic acids is 1. The van der Waals surface area contributed by atoms with Crippen molar-refractivity contribution in [2.75, 3.05) is 33.9 Å². The first-order chi connectivity index (χ1) is 10.5. The van der Waals surface area contributed by atoms with Gasteiger partial charge in [0.15, 0.2) is 0 Å². The molecule has 22 heavy (non-hydrogen) atoms. The fraction of sp³-hybridized carbons (Fsp3) is 0.500. The molecule has 0 aliphatic rings. The van der Waals surface area contributed by atoms with Crippen LogP contribution in [0.1, 0.15) is 23.7 Å². The van der Waals surface area contributed by atoms with E-state index in [1.165, 1.54) is 4.90 Å². The monoisotopic (exact) mass is 309 g/mol. The molecule has 1 amide bonds. The molecular formula is C16H23NO5. The second kappa shape index (κ2) is 9.04. The lowest BCUT2D eigenvalue weighted by Gasteiger charge is -2.19. The first-order valence-corrected chi connectivity index (χ1v) is 7.15. The third kappa shape index (κ3) is 5.73. The van der Waals surface area contributed by atoms with E-state index in [4.69, 9.17) is 14.6 Å². The van der Waals surface area contributed by atoms with Gasteiger partial charge < -0.3 is 19.5 Å². The molecule has 1 aromatic rings. The van der Waals surface area contributed by atoms with Crippen LogP contribution >= 0.6 is 0 Å². The van der Waals surface area contributed by atoms with Crippen LogP contribution in [0.2, 0.25) is 0 Å². The summed E-state index contributed by atoms with van der Waals surface area (Å²) in [5.74, 6) is -1.04. The minimum atomic E-state index is -0.917. The maximum absolute atomic E-state index is 12.2. The number of ether oxygens (including phenoxy) is 2. The molecule has 0 saturated heterocycles. The number of methoxy groups -OCH3 is 1. The average Bonchev–Trinajstić information content (AvgIpc) is 2.51. The zero-order valence-corrected chi connectivity index (χ0v) is 13.2. The van der Waals surface area contributed by atoms with Gasteiger partial charge in [0.1, 0.15) is 5.75 Å². The summed E-state index contributed by atoms with van der Waals surface area (Å²) in [6.45, 7) is 2.94. The number of nitrogens with zero attached hydrogens (tertiary/aromatic N) is 1. The van der Waals surface area contributed by atoms with Gasteiger partial charge in [0.05, 0.1) is 12.5 Å². The van der Waals surface area contributed by atoms with E-state index in [1.54, 1.807) is 45.3 Å². The van der Waals surface area contributed by atoms with Gasteiger partial charge in [0.2, 0.25) is 0 Å². The number of amides is 1. The van der Waals surface area contributed by atoms with Crippen LogP contribution in [0.4, 0.5) is 0 Å². The maximum atomic E-state index is 12.2.